The summed E-state index contributed by atoms with van der Waals surface area (Å²) in [6.45, 7) is 2.17. The molecular formula is C14H15N3O2. The Morgan fingerprint density at radius 1 is 1.42 bits per heavy atom. The number of nitrogens with zero attached hydrogens (tertiary/aromatic N) is 3. The number of rotatable bonds is 3. The van der Waals surface area contributed by atoms with Crippen molar-refractivity contribution in [3.8, 4) is 6.07 Å². The molecule has 1 aromatic carbocycles. The van der Waals surface area contributed by atoms with E-state index in [1.165, 1.54) is 6.92 Å². The van der Waals surface area contributed by atoms with Gasteiger partial charge in [0.15, 0.2) is 0 Å². The molecule has 0 N–H and O–H groups in total. The molecular weight excluding hydrogens is 242 g/mol. The second-order valence-corrected chi connectivity index (χ2v) is 4.67. The van der Waals surface area contributed by atoms with E-state index in [4.69, 9.17) is 5.26 Å². The molecule has 0 aromatic heterocycles. The molecule has 0 fully saturated rings. The monoisotopic (exact) mass is 257 g/mol. The maximum atomic E-state index is 12.0. The van der Waals surface area contributed by atoms with E-state index in [2.05, 4.69) is 6.07 Å². The Morgan fingerprint density at radius 3 is 2.79 bits per heavy atom. The number of anilines is 2. The molecule has 0 saturated carbocycles. The predicted octanol–water partition coefficient (Wildman–Crippen LogP) is 1.32. The highest BCUT2D eigenvalue weighted by Crippen LogP contribution is 2.33. The van der Waals surface area contributed by atoms with Gasteiger partial charge in [-0.1, -0.05) is 0 Å². The minimum Gasteiger partial charge on any atom is -0.364 e. The first-order chi connectivity index (χ1) is 9.02. The zero-order valence-corrected chi connectivity index (χ0v) is 11.0. The summed E-state index contributed by atoms with van der Waals surface area (Å²) < 4.78 is 0. The first-order valence-electron chi connectivity index (χ1n) is 6.08. The Hall–Kier alpha value is -2.35. The van der Waals surface area contributed by atoms with E-state index in [-0.39, 0.29) is 18.2 Å². The largest absolute Gasteiger partial charge is 0.364 e. The summed E-state index contributed by atoms with van der Waals surface area (Å²) in [6.07, 6.45) is 0.342. The van der Waals surface area contributed by atoms with Crippen molar-refractivity contribution in [2.75, 3.05) is 29.9 Å². The third kappa shape index (κ3) is 2.58. The lowest BCUT2D eigenvalue weighted by Crippen LogP contribution is -2.45. The van der Waals surface area contributed by atoms with Gasteiger partial charge in [0.25, 0.3) is 0 Å². The zero-order valence-electron chi connectivity index (χ0n) is 11.0. The number of Topliss-reactive ketones (excluding diaryl/α,β-unsaturated/α-hetero) is 1. The Morgan fingerprint density at radius 2 is 2.16 bits per heavy atom. The molecule has 1 aliphatic heterocycles. The van der Waals surface area contributed by atoms with Gasteiger partial charge in [-0.25, -0.2) is 0 Å². The first kappa shape index (κ1) is 13.1. The molecule has 1 aromatic rings. The molecule has 0 atom stereocenters. The minimum absolute atomic E-state index is 0.0269. The second kappa shape index (κ2) is 5.11. The van der Waals surface area contributed by atoms with Gasteiger partial charge in [0.1, 0.15) is 5.78 Å². The Bertz CT molecular complexity index is 575. The van der Waals surface area contributed by atoms with Crippen LogP contribution >= 0.6 is 0 Å². The van der Waals surface area contributed by atoms with Crippen molar-refractivity contribution in [1.82, 2.24) is 0 Å². The van der Waals surface area contributed by atoms with Gasteiger partial charge in [-0.2, -0.15) is 5.26 Å². The molecule has 98 valence electrons. The van der Waals surface area contributed by atoms with Crippen LogP contribution in [-0.2, 0) is 9.59 Å². The fourth-order valence-electron chi connectivity index (χ4n) is 2.15. The van der Waals surface area contributed by atoms with Gasteiger partial charge >= 0.3 is 0 Å². The average Bonchev–Trinajstić information content (AvgIpc) is 2.37. The summed E-state index contributed by atoms with van der Waals surface area (Å²) >= 11 is 0. The fourth-order valence-corrected chi connectivity index (χ4v) is 2.15. The Balaban J connectivity index is 2.37. The molecule has 0 unspecified atom stereocenters. The number of likely N-dealkylation sites (N-methyl/N-ethyl adjacent to an activating group) is 1. The van der Waals surface area contributed by atoms with Crippen molar-refractivity contribution in [2.45, 2.75) is 13.3 Å². The molecule has 5 nitrogen and oxygen atoms in total. The lowest BCUT2D eigenvalue weighted by molar-refractivity contribution is -0.118. The van der Waals surface area contributed by atoms with Crippen LogP contribution in [0, 0.1) is 11.3 Å². The molecule has 2 rings (SSSR count). The number of carbonyl (C=O) groups excluding carboxylic acids is 2. The van der Waals surface area contributed by atoms with E-state index in [9.17, 15) is 9.59 Å². The molecule has 5 heteroatoms. The number of amides is 1. The van der Waals surface area contributed by atoms with Crippen LogP contribution in [0.1, 0.15) is 18.9 Å². The van der Waals surface area contributed by atoms with Crippen LogP contribution in [0.4, 0.5) is 11.4 Å². The lowest BCUT2D eigenvalue weighted by atomic mass is 10.1. The molecule has 1 amide bonds. The molecule has 0 radical (unpaired) electrons. The Labute approximate surface area is 112 Å². The van der Waals surface area contributed by atoms with Gasteiger partial charge in [-0.3, -0.25) is 9.59 Å². The highest BCUT2D eigenvalue weighted by Gasteiger charge is 2.27. The van der Waals surface area contributed by atoms with Gasteiger partial charge in [-0.05, 0) is 25.1 Å². The van der Waals surface area contributed by atoms with E-state index in [0.29, 0.717) is 18.5 Å². The normalized spacial score (nSPS) is 14.1. The van der Waals surface area contributed by atoms with E-state index < -0.39 is 0 Å². The third-order valence-corrected chi connectivity index (χ3v) is 3.17. The van der Waals surface area contributed by atoms with Crippen LogP contribution in [-0.4, -0.2) is 31.8 Å². The Kier molecular flexibility index (Phi) is 3.52. The van der Waals surface area contributed by atoms with E-state index in [1.807, 2.05) is 11.9 Å². The average molecular weight is 257 g/mol. The number of fused-ring (bicyclic) bond motifs is 1. The van der Waals surface area contributed by atoms with Crippen molar-refractivity contribution < 1.29 is 9.59 Å². The van der Waals surface area contributed by atoms with Gasteiger partial charge in [0.2, 0.25) is 5.91 Å². The van der Waals surface area contributed by atoms with E-state index in [1.54, 1.807) is 23.1 Å². The number of ketones is 1. The SMILES string of the molecule is CC(=O)CCN1C(=O)CN(C)c2cc(C#N)ccc21. The highest BCUT2D eigenvalue weighted by molar-refractivity contribution is 6.03. The molecule has 0 bridgehead atoms. The van der Waals surface area contributed by atoms with Crippen molar-refractivity contribution in [3.05, 3.63) is 23.8 Å². The van der Waals surface area contributed by atoms with Gasteiger partial charge < -0.3 is 9.80 Å². The number of nitriles is 1. The summed E-state index contributed by atoms with van der Waals surface area (Å²) in [7, 11) is 1.82. The van der Waals surface area contributed by atoms with Crippen molar-refractivity contribution in [1.29, 1.82) is 5.26 Å². The van der Waals surface area contributed by atoms with Crippen LogP contribution in [0.2, 0.25) is 0 Å². The van der Waals surface area contributed by atoms with Crippen LogP contribution < -0.4 is 9.80 Å². The molecule has 1 aliphatic rings. The first-order valence-corrected chi connectivity index (χ1v) is 6.08. The number of hydrogen-bond acceptors (Lipinski definition) is 4. The summed E-state index contributed by atoms with van der Waals surface area (Å²) in [4.78, 5) is 26.6. The predicted molar refractivity (Wildman–Crippen MR) is 72.1 cm³/mol. The second-order valence-electron chi connectivity index (χ2n) is 4.67. The lowest BCUT2D eigenvalue weighted by Gasteiger charge is -2.35. The van der Waals surface area contributed by atoms with E-state index >= 15 is 0 Å². The quantitative estimate of drug-likeness (QED) is 0.819. The molecule has 19 heavy (non-hydrogen) atoms. The van der Waals surface area contributed by atoms with Crippen molar-refractivity contribution in [3.63, 3.8) is 0 Å². The maximum Gasteiger partial charge on any atom is 0.246 e. The zero-order chi connectivity index (χ0) is 14.0. The smallest absolute Gasteiger partial charge is 0.246 e. The summed E-state index contributed by atoms with van der Waals surface area (Å²) in [5.41, 5.74) is 2.17. The maximum absolute atomic E-state index is 12.0. The van der Waals surface area contributed by atoms with Crippen LogP contribution in [0.15, 0.2) is 18.2 Å². The van der Waals surface area contributed by atoms with Crippen LogP contribution in [0.25, 0.3) is 0 Å². The van der Waals surface area contributed by atoms with Crippen molar-refractivity contribution >= 4 is 23.1 Å². The molecule has 0 saturated heterocycles. The van der Waals surface area contributed by atoms with E-state index in [0.717, 1.165) is 11.4 Å². The van der Waals surface area contributed by atoms with Crippen LogP contribution in [0.5, 0.6) is 0 Å². The standard InChI is InChI=1S/C14H15N3O2/c1-10(18)5-6-17-12-4-3-11(8-15)7-13(12)16(2)9-14(17)19/h3-4,7H,5-6,9H2,1-2H3. The minimum atomic E-state index is -0.0269. The third-order valence-electron chi connectivity index (χ3n) is 3.17. The van der Waals surface area contributed by atoms with Crippen molar-refractivity contribution in [2.24, 2.45) is 0 Å². The highest BCUT2D eigenvalue weighted by atomic mass is 16.2. The fraction of sp³-hybridized carbons (Fsp3) is 0.357. The number of hydrogen-bond donors (Lipinski definition) is 0. The van der Waals surface area contributed by atoms with Gasteiger partial charge in [0.05, 0.1) is 29.6 Å². The topological polar surface area (TPSA) is 64.4 Å². The number of benzene rings is 1. The molecule has 1 heterocycles. The van der Waals surface area contributed by atoms with Crippen LogP contribution in [0.3, 0.4) is 0 Å². The summed E-state index contributed by atoms with van der Waals surface area (Å²) in [5, 5.41) is 8.93. The van der Waals surface area contributed by atoms with Gasteiger partial charge in [0, 0.05) is 20.0 Å². The molecule has 0 aliphatic carbocycles. The number of carbonyl (C=O) groups is 2. The summed E-state index contributed by atoms with van der Waals surface area (Å²) in [6, 6.07) is 7.31. The summed E-state index contributed by atoms with van der Waals surface area (Å²) in [5.74, 6) is 0.0304. The molecule has 0 spiro atoms. The van der Waals surface area contributed by atoms with Gasteiger partial charge in [-0.15, -0.1) is 0 Å².